The van der Waals surface area contributed by atoms with Crippen LogP contribution in [0.2, 0.25) is 0 Å². The van der Waals surface area contributed by atoms with Gasteiger partial charge in [-0.05, 0) is 30.7 Å². The molecule has 2 aromatic heterocycles. The highest BCUT2D eigenvalue weighted by Gasteiger charge is 2.26. The van der Waals surface area contributed by atoms with Crippen molar-refractivity contribution in [3.8, 4) is 0 Å². The molecule has 0 fully saturated rings. The lowest BCUT2D eigenvalue weighted by Crippen LogP contribution is -2.31. The maximum absolute atomic E-state index is 13.5. The molecule has 0 aliphatic carbocycles. The average molecular weight is 407 g/mol. The molecule has 0 radical (unpaired) electrons. The number of aryl methyl sites for hydroxylation is 1. The molecular weight excluding hydrogens is 385 g/mol. The van der Waals surface area contributed by atoms with Gasteiger partial charge in [-0.3, -0.25) is 4.79 Å². The van der Waals surface area contributed by atoms with Gasteiger partial charge in [-0.25, -0.2) is 9.37 Å². The predicted molar refractivity (Wildman–Crippen MR) is 110 cm³/mol. The largest absolute Gasteiger partial charge is 0.451 e. The minimum absolute atomic E-state index is 0.200. The molecule has 1 N–H and O–H groups in total. The Morgan fingerprint density at radius 3 is 2.70 bits per heavy atom. The molecule has 0 aliphatic heterocycles. The van der Waals surface area contributed by atoms with Gasteiger partial charge >= 0.3 is 0 Å². The first-order valence-corrected chi connectivity index (χ1v) is 9.70. The molecule has 0 aliphatic rings. The maximum atomic E-state index is 13.5. The lowest BCUT2D eigenvalue weighted by molar-refractivity contribution is 0.0902. The Hall–Kier alpha value is -3.45. The van der Waals surface area contributed by atoms with Gasteiger partial charge in [-0.2, -0.15) is 0 Å². The zero-order valence-corrected chi connectivity index (χ0v) is 16.8. The van der Waals surface area contributed by atoms with Gasteiger partial charge in [0, 0.05) is 37.0 Å². The molecule has 2 aromatic carbocycles. The van der Waals surface area contributed by atoms with Gasteiger partial charge in [-0.1, -0.05) is 30.3 Å². The number of hydrogen-bond acceptors (Lipinski definition) is 4. The Morgan fingerprint density at radius 1 is 1.23 bits per heavy atom. The number of furan rings is 1. The highest BCUT2D eigenvalue weighted by molar-refractivity contribution is 5.99. The van der Waals surface area contributed by atoms with Crippen LogP contribution in [-0.2, 0) is 18.4 Å². The van der Waals surface area contributed by atoms with E-state index >= 15 is 0 Å². The minimum atomic E-state index is -0.578. The Morgan fingerprint density at radius 2 is 2.00 bits per heavy atom. The summed E-state index contributed by atoms with van der Waals surface area (Å²) in [6.45, 7) is 2.68. The molecule has 154 valence electrons. The third-order valence-corrected chi connectivity index (χ3v) is 4.95. The van der Waals surface area contributed by atoms with Gasteiger partial charge in [0.2, 0.25) is 0 Å². The molecule has 7 heteroatoms. The maximum Gasteiger partial charge on any atom is 0.288 e. The number of halogens is 1. The van der Waals surface area contributed by atoms with Crippen molar-refractivity contribution in [2.24, 2.45) is 7.05 Å². The molecular formula is C23H22FN3O3. The van der Waals surface area contributed by atoms with Gasteiger partial charge in [0.15, 0.2) is 5.76 Å². The van der Waals surface area contributed by atoms with E-state index in [1.54, 1.807) is 24.5 Å². The lowest BCUT2D eigenvalue weighted by atomic mass is 10.1. The summed E-state index contributed by atoms with van der Waals surface area (Å²) in [6.07, 6.45) is 3.44. The summed E-state index contributed by atoms with van der Waals surface area (Å²) < 4.78 is 26.7. The number of carbonyl (C=O) groups is 1. The van der Waals surface area contributed by atoms with Crippen LogP contribution in [0.3, 0.4) is 0 Å². The number of nitrogens with zero attached hydrogens (tertiary/aromatic N) is 2. The smallest absolute Gasteiger partial charge is 0.288 e. The summed E-state index contributed by atoms with van der Waals surface area (Å²) in [5, 5.41) is 3.84. The normalized spacial score (nSPS) is 12.2. The van der Waals surface area contributed by atoms with Crippen LogP contribution in [0, 0.1) is 5.82 Å². The monoisotopic (exact) mass is 407 g/mol. The lowest BCUT2D eigenvalue weighted by Gasteiger charge is -2.19. The van der Waals surface area contributed by atoms with Crippen LogP contribution in [0.15, 0.2) is 65.3 Å². The number of imidazole rings is 1. The molecule has 1 amide bonds. The van der Waals surface area contributed by atoms with E-state index in [2.05, 4.69) is 10.3 Å². The Kier molecular flexibility index (Phi) is 5.63. The van der Waals surface area contributed by atoms with Gasteiger partial charge in [0.25, 0.3) is 5.91 Å². The standard InChI is InChI=1S/C23H22FN3O3/c1-3-29-14-18-17-6-4-5-7-19(17)30-21(18)23(28)26-20(22-25-12-13-27(22)2)15-8-10-16(24)11-9-15/h4-13,20H,3,14H2,1-2H3,(H,26,28)/t20-/m1/s1. The molecule has 30 heavy (non-hydrogen) atoms. The van der Waals surface area contributed by atoms with Crippen molar-refractivity contribution in [2.75, 3.05) is 6.61 Å². The van der Waals surface area contributed by atoms with E-state index in [0.29, 0.717) is 29.1 Å². The molecule has 1 atom stereocenters. The molecule has 6 nitrogen and oxygen atoms in total. The third kappa shape index (κ3) is 3.84. The minimum Gasteiger partial charge on any atom is -0.451 e. The first-order valence-electron chi connectivity index (χ1n) is 9.70. The number of ether oxygens (including phenoxy) is 1. The summed E-state index contributed by atoms with van der Waals surface area (Å²) >= 11 is 0. The number of fused-ring (bicyclic) bond motifs is 1. The van der Waals surface area contributed by atoms with Gasteiger partial charge in [0.05, 0.1) is 6.61 Å². The van der Waals surface area contributed by atoms with E-state index in [1.165, 1.54) is 12.1 Å². The molecule has 4 rings (SSSR count). The number of para-hydroxylation sites is 1. The first kappa shape index (κ1) is 19.8. The fourth-order valence-electron chi connectivity index (χ4n) is 3.43. The Bertz CT molecular complexity index is 1160. The van der Waals surface area contributed by atoms with Gasteiger partial charge in [-0.15, -0.1) is 0 Å². The highest BCUT2D eigenvalue weighted by atomic mass is 19.1. The highest BCUT2D eigenvalue weighted by Crippen LogP contribution is 2.28. The van der Waals surface area contributed by atoms with Crippen molar-refractivity contribution < 1.29 is 18.3 Å². The van der Waals surface area contributed by atoms with Crippen molar-refractivity contribution >= 4 is 16.9 Å². The number of rotatable bonds is 7. The van der Waals surface area contributed by atoms with E-state index in [-0.39, 0.29) is 18.2 Å². The fourth-order valence-corrected chi connectivity index (χ4v) is 3.43. The van der Waals surface area contributed by atoms with Crippen molar-refractivity contribution in [2.45, 2.75) is 19.6 Å². The summed E-state index contributed by atoms with van der Waals surface area (Å²) in [6, 6.07) is 12.9. The second kappa shape index (κ2) is 8.51. The molecule has 0 saturated heterocycles. The second-order valence-electron chi connectivity index (χ2n) is 6.90. The molecule has 0 bridgehead atoms. The molecule has 2 heterocycles. The van der Waals surface area contributed by atoms with Crippen LogP contribution >= 0.6 is 0 Å². The first-order chi connectivity index (χ1) is 14.6. The van der Waals surface area contributed by atoms with Crippen LogP contribution in [0.4, 0.5) is 4.39 Å². The van der Waals surface area contributed by atoms with Crippen LogP contribution < -0.4 is 5.32 Å². The van der Waals surface area contributed by atoms with E-state index in [4.69, 9.17) is 9.15 Å². The van der Waals surface area contributed by atoms with E-state index in [1.807, 2.05) is 42.8 Å². The van der Waals surface area contributed by atoms with Gasteiger partial charge in [0.1, 0.15) is 23.3 Å². The average Bonchev–Trinajstić information content (AvgIpc) is 3.34. The third-order valence-electron chi connectivity index (χ3n) is 4.95. The zero-order chi connectivity index (χ0) is 21.1. The summed E-state index contributed by atoms with van der Waals surface area (Å²) in [5.74, 6) is 0.0848. The predicted octanol–water partition coefficient (Wildman–Crippen LogP) is 4.36. The second-order valence-corrected chi connectivity index (χ2v) is 6.90. The van der Waals surface area contributed by atoms with Crippen molar-refractivity contribution in [3.05, 3.63) is 89.5 Å². The number of benzene rings is 2. The van der Waals surface area contributed by atoms with E-state index in [0.717, 1.165) is 5.39 Å². The fraction of sp³-hybridized carbons (Fsp3) is 0.217. The summed E-state index contributed by atoms with van der Waals surface area (Å²) in [5.41, 5.74) is 2.02. The van der Waals surface area contributed by atoms with Crippen LogP contribution in [-0.4, -0.2) is 22.1 Å². The molecule has 0 unspecified atom stereocenters. The van der Waals surface area contributed by atoms with Gasteiger partial charge < -0.3 is 19.0 Å². The molecule has 4 aromatic rings. The number of amides is 1. The van der Waals surface area contributed by atoms with Crippen LogP contribution in [0.5, 0.6) is 0 Å². The van der Waals surface area contributed by atoms with E-state index in [9.17, 15) is 9.18 Å². The number of nitrogens with one attached hydrogen (secondary N) is 1. The van der Waals surface area contributed by atoms with Crippen molar-refractivity contribution in [3.63, 3.8) is 0 Å². The SMILES string of the molecule is CCOCc1c(C(=O)N[C@H](c2ccc(F)cc2)c2nccn2C)oc2ccccc12. The number of hydrogen-bond donors (Lipinski definition) is 1. The summed E-state index contributed by atoms with van der Waals surface area (Å²) in [4.78, 5) is 17.7. The van der Waals surface area contributed by atoms with E-state index < -0.39 is 11.9 Å². The summed E-state index contributed by atoms with van der Waals surface area (Å²) in [7, 11) is 1.84. The Labute approximate surface area is 173 Å². The van der Waals surface area contributed by atoms with Crippen LogP contribution in [0.25, 0.3) is 11.0 Å². The van der Waals surface area contributed by atoms with Crippen LogP contribution in [0.1, 0.15) is 40.5 Å². The quantitative estimate of drug-likeness (QED) is 0.494. The number of carbonyl (C=O) groups excluding carboxylic acids is 1. The van der Waals surface area contributed by atoms with Crippen molar-refractivity contribution in [1.29, 1.82) is 0 Å². The molecule has 0 spiro atoms. The van der Waals surface area contributed by atoms with Crippen molar-refractivity contribution in [1.82, 2.24) is 14.9 Å². The zero-order valence-electron chi connectivity index (χ0n) is 16.8. The Balaban J connectivity index is 1.73. The topological polar surface area (TPSA) is 69.3 Å². The molecule has 0 saturated carbocycles. The number of aromatic nitrogens is 2.